The van der Waals surface area contributed by atoms with E-state index in [1.807, 2.05) is 0 Å². The van der Waals surface area contributed by atoms with Crippen LogP contribution in [0.1, 0.15) is 93.9 Å². The van der Waals surface area contributed by atoms with Gasteiger partial charge in [-0.1, -0.05) is 143 Å². The molecule has 204 valence electrons. The molecule has 0 atom stereocenters. The van der Waals surface area contributed by atoms with Crippen molar-refractivity contribution in [2.75, 3.05) is 0 Å². The number of rotatable bonds is 16. The average molecular weight is 517 g/mol. The van der Waals surface area contributed by atoms with Gasteiger partial charge in [0.15, 0.2) is 0 Å². The van der Waals surface area contributed by atoms with Crippen LogP contribution in [-0.2, 0) is 25.7 Å². The molecule has 4 aromatic carbocycles. The highest BCUT2D eigenvalue weighted by molar-refractivity contribution is 5.64. The molecule has 0 N–H and O–H groups in total. The summed E-state index contributed by atoms with van der Waals surface area (Å²) in [5.41, 5.74) is 11.1. The molecule has 0 aliphatic heterocycles. The first kappa shape index (κ1) is 28.9. The Hall–Kier alpha value is -3.12. The molecule has 0 bridgehead atoms. The number of hydrogen-bond donors (Lipinski definition) is 0. The molecule has 0 unspecified atom stereocenters. The minimum Gasteiger partial charge on any atom is -0.0654 e. The predicted molar refractivity (Wildman–Crippen MR) is 171 cm³/mol. The summed E-state index contributed by atoms with van der Waals surface area (Å²) in [6.07, 6.45) is 16.4. The van der Waals surface area contributed by atoms with E-state index < -0.39 is 0 Å². The Morgan fingerprint density at radius 1 is 0.282 bits per heavy atom. The number of unbranched alkanes of at least 4 members (excludes halogenated alkanes) is 6. The summed E-state index contributed by atoms with van der Waals surface area (Å²) in [7, 11) is 0. The van der Waals surface area contributed by atoms with Gasteiger partial charge in [-0.05, 0) is 95.9 Å². The lowest BCUT2D eigenvalue weighted by atomic mass is 9.98. The van der Waals surface area contributed by atoms with Crippen molar-refractivity contribution in [1.82, 2.24) is 0 Å². The fraction of sp³-hybridized carbons (Fsp3) is 0.385. The molecule has 0 nitrogen and oxygen atoms in total. The van der Waals surface area contributed by atoms with Gasteiger partial charge in [0.25, 0.3) is 0 Å². The van der Waals surface area contributed by atoms with Crippen molar-refractivity contribution in [3.8, 4) is 22.3 Å². The van der Waals surface area contributed by atoms with E-state index in [-0.39, 0.29) is 0 Å². The van der Waals surface area contributed by atoms with Crippen LogP contribution in [0.2, 0.25) is 0 Å². The van der Waals surface area contributed by atoms with Gasteiger partial charge >= 0.3 is 0 Å². The van der Waals surface area contributed by atoms with Crippen LogP contribution in [-0.4, -0.2) is 0 Å². The minimum atomic E-state index is 1.19. The van der Waals surface area contributed by atoms with E-state index in [2.05, 4.69) is 111 Å². The largest absolute Gasteiger partial charge is 0.0654 e. The third-order valence-electron chi connectivity index (χ3n) is 8.05. The molecule has 0 radical (unpaired) electrons. The molecule has 0 aromatic heterocycles. The number of aryl methyl sites for hydroxylation is 4. The van der Waals surface area contributed by atoms with Crippen molar-refractivity contribution in [1.29, 1.82) is 0 Å². The summed E-state index contributed by atoms with van der Waals surface area (Å²) in [5, 5.41) is 0. The van der Waals surface area contributed by atoms with Crippen molar-refractivity contribution >= 4 is 0 Å². The third-order valence-corrected chi connectivity index (χ3v) is 8.05. The fourth-order valence-corrected chi connectivity index (χ4v) is 5.41. The summed E-state index contributed by atoms with van der Waals surface area (Å²) in [6.45, 7) is 4.51. The molecule has 0 aliphatic rings. The second-order valence-corrected chi connectivity index (χ2v) is 11.3. The van der Waals surface area contributed by atoms with Gasteiger partial charge in [0.1, 0.15) is 0 Å². The highest BCUT2D eigenvalue weighted by atomic mass is 14.1. The van der Waals surface area contributed by atoms with Crippen LogP contribution < -0.4 is 0 Å². The van der Waals surface area contributed by atoms with E-state index in [0.717, 1.165) is 0 Å². The first-order valence-corrected chi connectivity index (χ1v) is 15.6. The van der Waals surface area contributed by atoms with Crippen molar-refractivity contribution in [3.05, 3.63) is 119 Å². The van der Waals surface area contributed by atoms with Crippen LogP contribution in [0.4, 0.5) is 0 Å². The fourth-order valence-electron chi connectivity index (χ4n) is 5.41. The van der Waals surface area contributed by atoms with Gasteiger partial charge < -0.3 is 0 Å². The smallest absolute Gasteiger partial charge is 0.0184 e. The molecule has 0 aliphatic carbocycles. The summed E-state index contributed by atoms with van der Waals surface area (Å²) in [4.78, 5) is 0. The van der Waals surface area contributed by atoms with Gasteiger partial charge in [-0.3, -0.25) is 0 Å². The molecular formula is C39H48. The van der Waals surface area contributed by atoms with Crippen LogP contribution in [0.3, 0.4) is 0 Å². The third kappa shape index (κ3) is 9.54. The zero-order valence-corrected chi connectivity index (χ0v) is 24.4. The van der Waals surface area contributed by atoms with Crippen molar-refractivity contribution < 1.29 is 0 Å². The Morgan fingerprint density at radius 3 is 0.769 bits per heavy atom. The lowest BCUT2D eigenvalue weighted by Gasteiger charge is -2.07. The van der Waals surface area contributed by atoms with E-state index in [1.54, 1.807) is 0 Å². The number of benzene rings is 4. The maximum Gasteiger partial charge on any atom is -0.0184 e. The molecule has 4 aromatic rings. The van der Waals surface area contributed by atoms with Gasteiger partial charge in [0.05, 0.1) is 0 Å². The Morgan fingerprint density at radius 2 is 0.513 bits per heavy atom. The van der Waals surface area contributed by atoms with Crippen molar-refractivity contribution in [2.24, 2.45) is 0 Å². The first-order chi connectivity index (χ1) is 19.2. The SMILES string of the molecule is CCCCc1ccc(-c2ccc(CCCCCCCc3ccc(-c4ccc(CCCC)cc4)cc3)cc2)cc1. The Bertz CT molecular complexity index is 1100. The summed E-state index contributed by atoms with van der Waals surface area (Å²) in [5.74, 6) is 0. The topological polar surface area (TPSA) is 0 Å². The van der Waals surface area contributed by atoms with Crippen molar-refractivity contribution in [3.63, 3.8) is 0 Å². The molecule has 0 heteroatoms. The molecule has 0 saturated heterocycles. The van der Waals surface area contributed by atoms with E-state index in [9.17, 15) is 0 Å². The van der Waals surface area contributed by atoms with E-state index in [4.69, 9.17) is 0 Å². The first-order valence-electron chi connectivity index (χ1n) is 15.6. The lowest BCUT2D eigenvalue weighted by Crippen LogP contribution is -1.89. The van der Waals surface area contributed by atoms with Gasteiger partial charge in [0, 0.05) is 0 Å². The second kappa shape index (κ2) is 16.1. The van der Waals surface area contributed by atoms with Crippen LogP contribution in [0, 0.1) is 0 Å². The summed E-state index contributed by atoms with van der Waals surface area (Å²) >= 11 is 0. The maximum absolute atomic E-state index is 2.32. The van der Waals surface area contributed by atoms with Gasteiger partial charge in [-0.25, -0.2) is 0 Å². The molecule has 0 saturated carbocycles. The monoisotopic (exact) mass is 516 g/mol. The number of hydrogen-bond acceptors (Lipinski definition) is 0. The Kier molecular flexibility index (Phi) is 11.9. The summed E-state index contributed by atoms with van der Waals surface area (Å²) in [6, 6.07) is 36.8. The van der Waals surface area contributed by atoms with Gasteiger partial charge in [-0.15, -0.1) is 0 Å². The quantitative estimate of drug-likeness (QED) is 0.130. The normalized spacial score (nSPS) is 11.1. The molecule has 0 heterocycles. The van der Waals surface area contributed by atoms with Crippen molar-refractivity contribution in [2.45, 2.75) is 97.3 Å². The lowest BCUT2D eigenvalue weighted by molar-refractivity contribution is 0.613. The van der Waals surface area contributed by atoms with Crippen LogP contribution in [0.15, 0.2) is 97.1 Å². The highest BCUT2D eigenvalue weighted by Gasteiger charge is 2.02. The van der Waals surface area contributed by atoms with E-state index >= 15 is 0 Å². The summed E-state index contributed by atoms with van der Waals surface area (Å²) < 4.78 is 0. The molecule has 0 spiro atoms. The average Bonchev–Trinajstić information content (AvgIpc) is 3.00. The Balaban J connectivity index is 1.10. The molecule has 0 amide bonds. The van der Waals surface area contributed by atoms with Gasteiger partial charge in [-0.2, -0.15) is 0 Å². The highest BCUT2D eigenvalue weighted by Crippen LogP contribution is 2.23. The van der Waals surface area contributed by atoms with Crippen LogP contribution in [0.5, 0.6) is 0 Å². The van der Waals surface area contributed by atoms with Gasteiger partial charge in [0.2, 0.25) is 0 Å². The van der Waals surface area contributed by atoms with Crippen LogP contribution in [0.25, 0.3) is 22.3 Å². The molecule has 39 heavy (non-hydrogen) atoms. The van der Waals surface area contributed by atoms with E-state index in [0.29, 0.717) is 0 Å². The predicted octanol–water partition coefficient (Wildman–Crippen LogP) is 11.4. The molecule has 4 rings (SSSR count). The minimum absolute atomic E-state index is 1.19. The Labute approximate surface area is 238 Å². The van der Waals surface area contributed by atoms with Crippen LogP contribution >= 0.6 is 0 Å². The zero-order chi connectivity index (χ0) is 27.1. The second-order valence-electron chi connectivity index (χ2n) is 11.3. The molecule has 0 fully saturated rings. The molecular weight excluding hydrogens is 468 g/mol. The van der Waals surface area contributed by atoms with E-state index in [1.165, 1.54) is 128 Å². The zero-order valence-electron chi connectivity index (χ0n) is 24.4. The maximum atomic E-state index is 2.32. The standard InChI is InChI=1S/C39H48/c1-3-5-12-32-16-24-36(25-17-32)38-28-20-34(21-29-38)14-10-8-7-9-11-15-35-22-30-39(31-23-35)37-26-18-33(19-27-37)13-6-4-2/h16-31H,3-15H2,1-2H3.